The number of hydrogen-bond donors (Lipinski definition) is 1. The molecule has 1 fully saturated rings. The maximum absolute atomic E-state index is 14.8. The van der Waals surface area contributed by atoms with Gasteiger partial charge < -0.3 is 17.3 Å². The standard InChI is InChI=1S/C23H22FN9O.CH3.W/c1-13-11-16(24)15(12-18(13)33-30-21(28-31-33)14-8-9-14)23(34)26-19-6-4-5-17(25-19)22-29-27-20-7-2-3-10-32(20)22;;/h4-6,11-12,14H,2-3,7-10H2,1H3,(H,25,26,34);1H3;/q;-1;. The summed E-state index contributed by atoms with van der Waals surface area (Å²) in [5.74, 6) is 1.67. The summed E-state index contributed by atoms with van der Waals surface area (Å²) in [6.45, 7) is 2.58. The maximum Gasteiger partial charge on any atom is 0.259 e. The zero-order chi connectivity index (χ0) is 23.2. The van der Waals surface area contributed by atoms with Gasteiger partial charge in [0.2, 0.25) is 0 Å². The van der Waals surface area contributed by atoms with E-state index in [1.54, 1.807) is 19.1 Å². The molecule has 3 aromatic heterocycles. The minimum Gasteiger partial charge on any atom is -0.358 e. The van der Waals surface area contributed by atoms with Crippen molar-refractivity contribution in [2.24, 2.45) is 0 Å². The van der Waals surface area contributed by atoms with Gasteiger partial charge in [-0.25, -0.2) is 9.37 Å². The molecule has 1 saturated carbocycles. The molecular weight excluding hydrogens is 633 g/mol. The number of halogens is 1. The first-order chi connectivity index (χ1) is 16.6. The molecule has 0 unspecified atom stereocenters. The summed E-state index contributed by atoms with van der Waals surface area (Å²) in [6, 6.07) is 7.99. The summed E-state index contributed by atoms with van der Waals surface area (Å²) in [7, 11) is 0. The van der Waals surface area contributed by atoms with Crippen LogP contribution in [0.5, 0.6) is 0 Å². The number of carbonyl (C=O) groups excluding carboxylic acids is 1. The first-order valence-corrected chi connectivity index (χ1v) is 11.4. The average molecular weight is 658 g/mol. The molecule has 36 heavy (non-hydrogen) atoms. The zero-order valence-electron chi connectivity index (χ0n) is 20.0. The molecule has 2 aliphatic rings. The Bertz CT molecular complexity index is 1410. The topological polar surface area (TPSA) is 116 Å². The molecule has 0 atom stereocenters. The normalized spacial score (nSPS) is 14.4. The van der Waals surface area contributed by atoms with Gasteiger partial charge in [-0.2, -0.15) is 0 Å². The number of amides is 1. The number of hydrogen-bond acceptors (Lipinski definition) is 7. The van der Waals surface area contributed by atoms with E-state index in [0.29, 0.717) is 40.3 Å². The predicted molar refractivity (Wildman–Crippen MR) is 126 cm³/mol. The number of nitrogens with one attached hydrogen (secondary N) is 1. The van der Waals surface area contributed by atoms with Crippen LogP contribution in [0.15, 0.2) is 30.3 Å². The molecule has 0 radical (unpaired) electrons. The average Bonchev–Trinajstić information content (AvgIpc) is 3.41. The van der Waals surface area contributed by atoms with E-state index < -0.39 is 11.7 Å². The summed E-state index contributed by atoms with van der Waals surface area (Å²) in [5, 5.41) is 23.8. The molecule has 186 valence electrons. The van der Waals surface area contributed by atoms with Crippen LogP contribution in [0.25, 0.3) is 17.2 Å². The predicted octanol–water partition coefficient (Wildman–Crippen LogP) is 3.68. The van der Waals surface area contributed by atoms with Crippen molar-refractivity contribution in [2.45, 2.75) is 51.5 Å². The molecule has 1 amide bonds. The van der Waals surface area contributed by atoms with E-state index in [9.17, 15) is 9.18 Å². The van der Waals surface area contributed by atoms with Gasteiger partial charge in [-0.15, -0.1) is 25.2 Å². The molecule has 6 rings (SSSR count). The second kappa shape index (κ2) is 10.3. The molecule has 12 heteroatoms. The fraction of sp³-hybridized carbons (Fsp3) is 0.333. The van der Waals surface area contributed by atoms with Crippen LogP contribution in [0, 0.1) is 20.2 Å². The number of nitrogens with zero attached hydrogens (tertiary/aromatic N) is 8. The van der Waals surface area contributed by atoms with Gasteiger partial charge in [0.15, 0.2) is 11.6 Å². The van der Waals surface area contributed by atoms with Crippen LogP contribution in [0.4, 0.5) is 10.2 Å². The van der Waals surface area contributed by atoms with E-state index in [4.69, 9.17) is 0 Å². The van der Waals surface area contributed by atoms with Crippen molar-refractivity contribution in [1.29, 1.82) is 0 Å². The van der Waals surface area contributed by atoms with E-state index in [-0.39, 0.29) is 34.1 Å². The number of tetrazole rings is 1. The molecule has 10 nitrogen and oxygen atoms in total. The quantitative estimate of drug-likeness (QED) is 0.326. The van der Waals surface area contributed by atoms with Crippen LogP contribution in [0.2, 0.25) is 0 Å². The second-order valence-corrected chi connectivity index (χ2v) is 8.74. The molecule has 1 aromatic carbocycles. The van der Waals surface area contributed by atoms with Crippen LogP contribution in [-0.2, 0) is 34.0 Å². The van der Waals surface area contributed by atoms with Crippen molar-refractivity contribution in [1.82, 2.24) is 40.0 Å². The Labute approximate surface area is 222 Å². The largest absolute Gasteiger partial charge is 0.358 e. The van der Waals surface area contributed by atoms with Crippen LogP contribution in [0.3, 0.4) is 0 Å². The first kappa shape index (κ1) is 25.8. The Morgan fingerprint density at radius 3 is 2.78 bits per heavy atom. The Morgan fingerprint density at radius 2 is 1.97 bits per heavy atom. The zero-order valence-corrected chi connectivity index (χ0v) is 22.9. The van der Waals surface area contributed by atoms with Gasteiger partial charge in [0.25, 0.3) is 5.91 Å². The molecule has 0 bridgehead atoms. The van der Waals surface area contributed by atoms with Gasteiger partial charge in [-0.3, -0.25) is 4.79 Å². The Kier molecular flexibility index (Phi) is 7.40. The number of carbonyl (C=O) groups is 1. The summed E-state index contributed by atoms with van der Waals surface area (Å²) in [6.07, 6.45) is 5.14. The van der Waals surface area contributed by atoms with Crippen LogP contribution in [-0.4, -0.2) is 45.9 Å². The maximum atomic E-state index is 14.8. The second-order valence-electron chi connectivity index (χ2n) is 8.74. The van der Waals surface area contributed by atoms with Crippen molar-refractivity contribution in [3.63, 3.8) is 0 Å². The van der Waals surface area contributed by atoms with Crippen LogP contribution >= 0.6 is 0 Å². The molecule has 4 heterocycles. The van der Waals surface area contributed by atoms with Crippen molar-refractivity contribution >= 4 is 11.7 Å². The molecule has 1 N–H and O–H groups in total. The monoisotopic (exact) mass is 658 g/mol. The van der Waals surface area contributed by atoms with Crippen LogP contribution in [0.1, 0.15) is 59.2 Å². The van der Waals surface area contributed by atoms with Crippen molar-refractivity contribution < 1.29 is 30.3 Å². The fourth-order valence-electron chi connectivity index (χ4n) is 4.19. The van der Waals surface area contributed by atoms with Gasteiger partial charge in [0.05, 0.1) is 11.3 Å². The smallest absolute Gasteiger partial charge is 0.259 e. The molecule has 1 aliphatic heterocycles. The number of fused-ring (bicyclic) bond motifs is 1. The Hall–Kier alpha value is -3.33. The van der Waals surface area contributed by atoms with Gasteiger partial charge in [-0.1, -0.05) is 6.07 Å². The summed E-state index contributed by atoms with van der Waals surface area (Å²) in [4.78, 5) is 18.9. The SMILES string of the molecule is Cc1cc(F)c(C(=O)Nc2cccc(-c3nnc4n3CCCC4)n2)cc1-n1nnc(C2CC2)n1.[CH3-].[W]. The molecule has 0 spiro atoms. The van der Waals surface area contributed by atoms with E-state index >= 15 is 0 Å². The van der Waals surface area contributed by atoms with E-state index in [2.05, 4.69) is 40.5 Å². The third kappa shape index (κ3) is 4.84. The summed E-state index contributed by atoms with van der Waals surface area (Å²) < 4.78 is 16.8. The van der Waals surface area contributed by atoms with Crippen molar-refractivity contribution in [3.05, 3.63) is 66.4 Å². The molecule has 1 aliphatic carbocycles. The molecular formula is C24H25FN9OW-. The number of benzene rings is 1. The third-order valence-corrected chi connectivity index (χ3v) is 6.20. The van der Waals surface area contributed by atoms with Crippen LogP contribution < -0.4 is 5.32 Å². The van der Waals surface area contributed by atoms with E-state index in [1.807, 2.05) is 6.07 Å². The third-order valence-electron chi connectivity index (χ3n) is 6.20. The first-order valence-electron chi connectivity index (χ1n) is 11.4. The number of rotatable bonds is 5. The number of pyridine rings is 1. The summed E-state index contributed by atoms with van der Waals surface area (Å²) >= 11 is 0. The summed E-state index contributed by atoms with van der Waals surface area (Å²) in [5.41, 5.74) is 1.58. The van der Waals surface area contributed by atoms with E-state index in [1.165, 1.54) is 16.9 Å². The van der Waals surface area contributed by atoms with Crippen molar-refractivity contribution in [3.8, 4) is 17.2 Å². The minimum absolute atomic E-state index is 0. The Morgan fingerprint density at radius 1 is 1.14 bits per heavy atom. The fourth-order valence-corrected chi connectivity index (χ4v) is 4.19. The molecule has 4 aromatic rings. The van der Waals surface area contributed by atoms with E-state index in [0.717, 1.165) is 44.5 Å². The Balaban J connectivity index is 0.00000152. The van der Waals surface area contributed by atoms with Crippen molar-refractivity contribution in [2.75, 3.05) is 5.32 Å². The van der Waals surface area contributed by atoms with Gasteiger partial charge in [0.1, 0.15) is 23.2 Å². The molecule has 0 saturated heterocycles. The number of aromatic nitrogens is 8. The van der Waals surface area contributed by atoms with Gasteiger partial charge in [0, 0.05) is 39.9 Å². The number of aryl methyl sites for hydroxylation is 2. The van der Waals surface area contributed by atoms with Gasteiger partial charge >= 0.3 is 0 Å². The number of anilines is 1. The van der Waals surface area contributed by atoms with Gasteiger partial charge in [-0.05, 0) is 67.6 Å². The minimum atomic E-state index is -0.635.